The normalized spacial score (nSPS) is 9.25. The molecule has 1 heterocycles. The molecule has 0 fully saturated rings. The first-order valence-corrected chi connectivity index (χ1v) is 2.73. The van der Waals surface area contributed by atoms with Crippen molar-refractivity contribution in [3.63, 3.8) is 0 Å². The molecule has 0 saturated heterocycles. The molecule has 0 aliphatic carbocycles. The third-order valence-electron chi connectivity index (χ3n) is 0.636. The van der Waals surface area contributed by atoms with E-state index in [1.165, 1.54) is 12.3 Å². The average molecular weight is 147 g/mol. The number of halogens is 2. The minimum Gasteiger partial charge on any atom is -0.244 e. The lowest BCUT2D eigenvalue weighted by Crippen LogP contribution is -1.70. The number of rotatable bonds is 0. The summed E-state index contributed by atoms with van der Waals surface area (Å²) in [6.45, 7) is 0. The van der Waals surface area contributed by atoms with Gasteiger partial charge in [0.25, 0.3) is 0 Å². The molecule has 0 bridgehead atoms. The first kappa shape index (κ1) is 5.86. The van der Waals surface area contributed by atoms with E-state index in [9.17, 15) is 0 Å². The molecular formula is C5H2Cl2N. The summed E-state index contributed by atoms with van der Waals surface area (Å²) in [6.07, 6.45) is 1.44. The van der Waals surface area contributed by atoms with Crippen LogP contribution in [-0.2, 0) is 0 Å². The van der Waals surface area contributed by atoms with E-state index in [1.54, 1.807) is 0 Å². The van der Waals surface area contributed by atoms with Crippen LogP contribution in [0.15, 0.2) is 12.3 Å². The molecule has 0 aliphatic rings. The zero-order valence-electron chi connectivity index (χ0n) is 3.86. The highest BCUT2D eigenvalue weighted by Gasteiger charge is 1.87. The lowest BCUT2D eigenvalue weighted by Gasteiger charge is -1.85. The van der Waals surface area contributed by atoms with E-state index in [1.807, 2.05) is 0 Å². The van der Waals surface area contributed by atoms with Crippen LogP contribution in [0, 0.1) is 6.07 Å². The number of hydrogen-bond acceptors (Lipinski definition) is 1. The molecule has 1 rings (SSSR count). The van der Waals surface area contributed by atoms with E-state index in [-0.39, 0.29) is 0 Å². The van der Waals surface area contributed by atoms with Gasteiger partial charge in [-0.1, -0.05) is 23.2 Å². The van der Waals surface area contributed by atoms with Crippen molar-refractivity contribution in [1.29, 1.82) is 0 Å². The van der Waals surface area contributed by atoms with Gasteiger partial charge in [0.05, 0.1) is 5.02 Å². The maximum absolute atomic E-state index is 5.46. The molecule has 0 aliphatic heterocycles. The van der Waals surface area contributed by atoms with Crippen LogP contribution in [0.3, 0.4) is 0 Å². The molecular weight excluding hydrogens is 145 g/mol. The van der Waals surface area contributed by atoms with Gasteiger partial charge >= 0.3 is 0 Å². The highest BCUT2D eigenvalue weighted by atomic mass is 35.5. The van der Waals surface area contributed by atoms with Crippen molar-refractivity contribution in [3.8, 4) is 0 Å². The second-order valence-corrected chi connectivity index (χ2v) is 2.01. The minimum absolute atomic E-state index is 0.397. The van der Waals surface area contributed by atoms with Crippen LogP contribution in [0.4, 0.5) is 0 Å². The van der Waals surface area contributed by atoms with Gasteiger partial charge in [0.15, 0.2) is 0 Å². The molecule has 0 saturated carbocycles. The molecule has 0 atom stereocenters. The topological polar surface area (TPSA) is 12.9 Å². The Labute approximate surface area is 57.3 Å². The zero-order chi connectivity index (χ0) is 5.98. The van der Waals surface area contributed by atoms with E-state index in [4.69, 9.17) is 23.2 Å². The average Bonchev–Trinajstić information content (AvgIpc) is 1.64. The van der Waals surface area contributed by atoms with Gasteiger partial charge in [0, 0.05) is 12.3 Å². The maximum atomic E-state index is 5.46. The summed E-state index contributed by atoms with van der Waals surface area (Å²) < 4.78 is 0. The van der Waals surface area contributed by atoms with Gasteiger partial charge in [-0.2, -0.15) is 0 Å². The van der Waals surface area contributed by atoms with Crippen LogP contribution in [0.25, 0.3) is 0 Å². The van der Waals surface area contributed by atoms with Gasteiger partial charge in [-0.3, -0.25) is 0 Å². The summed E-state index contributed by atoms with van der Waals surface area (Å²) in [6, 6.07) is 4.17. The Morgan fingerprint density at radius 3 is 2.62 bits per heavy atom. The summed E-state index contributed by atoms with van der Waals surface area (Å²) in [5, 5.41) is 0.888. The van der Waals surface area contributed by atoms with E-state index in [2.05, 4.69) is 11.1 Å². The first-order chi connectivity index (χ1) is 3.79. The fourth-order valence-corrected chi connectivity index (χ4v) is 0.705. The Bertz CT molecular complexity index is 170. The third kappa shape index (κ3) is 1.35. The van der Waals surface area contributed by atoms with Crippen LogP contribution < -0.4 is 0 Å². The Hall–Kier alpha value is -0.270. The molecule has 3 heteroatoms. The summed E-state index contributed by atoms with van der Waals surface area (Å²) in [5.41, 5.74) is 0. The van der Waals surface area contributed by atoms with E-state index in [0.717, 1.165) is 0 Å². The van der Waals surface area contributed by atoms with Gasteiger partial charge in [-0.05, 0) is 6.07 Å². The predicted molar refractivity (Wildman–Crippen MR) is 33.1 cm³/mol. The Morgan fingerprint density at radius 1 is 1.50 bits per heavy atom. The Kier molecular flexibility index (Phi) is 1.71. The second kappa shape index (κ2) is 2.33. The van der Waals surface area contributed by atoms with Crippen molar-refractivity contribution < 1.29 is 0 Å². The maximum Gasteiger partial charge on any atom is 0.130 e. The van der Waals surface area contributed by atoms with Crippen LogP contribution in [0.5, 0.6) is 0 Å². The summed E-state index contributed by atoms with van der Waals surface area (Å²) in [5.74, 6) is 0. The number of hydrogen-bond donors (Lipinski definition) is 0. The molecule has 0 amide bonds. The monoisotopic (exact) mass is 146 g/mol. The number of nitrogens with zero attached hydrogens (tertiary/aromatic N) is 1. The van der Waals surface area contributed by atoms with Crippen molar-refractivity contribution >= 4 is 23.2 Å². The molecule has 8 heavy (non-hydrogen) atoms. The van der Waals surface area contributed by atoms with Crippen molar-refractivity contribution in [2.75, 3.05) is 0 Å². The fourth-order valence-electron chi connectivity index (χ4n) is 0.339. The SMILES string of the molecule is Clc1[c]cnc(Cl)c1. The first-order valence-electron chi connectivity index (χ1n) is 1.98. The van der Waals surface area contributed by atoms with Crippen LogP contribution in [0.1, 0.15) is 0 Å². The summed E-state index contributed by atoms with van der Waals surface area (Å²) >= 11 is 10.9. The van der Waals surface area contributed by atoms with E-state index >= 15 is 0 Å². The molecule has 0 N–H and O–H groups in total. The highest BCUT2D eigenvalue weighted by molar-refractivity contribution is 6.33. The van der Waals surface area contributed by atoms with Crippen molar-refractivity contribution in [2.45, 2.75) is 0 Å². The fraction of sp³-hybridized carbons (Fsp3) is 0. The van der Waals surface area contributed by atoms with Gasteiger partial charge in [0.1, 0.15) is 5.15 Å². The van der Waals surface area contributed by atoms with Gasteiger partial charge in [0.2, 0.25) is 0 Å². The second-order valence-electron chi connectivity index (χ2n) is 1.22. The van der Waals surface area contributed by atoms with Crippen molar-refractivity contribution in [1.82, 2.24) is 4.98 Å². The smallest absolute Gasteiger partial charge is 0.130 e. The van der Waals surface area contributed by atoms with Crippen LogP contribution in [-0.4, -0.2) is 4.98 Å². The van der Waals surface area contributed by atoms with Gasteiger partial charge in [-0.25, -0.2) is 4.98 Å². The lowest BCUT2D eigenvalue weighted by atomic mass is 10.5. The predicted octanol–water partition coefficient (Wildman–Crippen LogP) is 2.19. The number of aromatic nitrogens is 1. The van der Waals surface area contributed by atoms with Crippen LogP contribution in [0.2, 0.25) is 10.2 Å². The molecule has 1 radical (unpaired) electrons. The zero-order valence-corrected chi connectivity index (χ0v) is 5.37. The van der Waals surface area contributed by atoms with E-state index in [0.29, 0.717) is 10.2 Å². The standard InChI is InChI=1S/C5H2Cl2N/c6-4-1-2-8-5(7)3-4/h2-3H. The number of pyridine rings is 1. The van der Waals surface area contributed by atoms with Crippen molar-refractivity contribution in [3.05, 3.63) is 28.5 Å². The summed E-state index contributed by atoms with van der Waals surface area (Å²) in [7, 11) is 0. The largest absolute Gasteiger partial charge is 0.244 e. The molecule has 1 nitrogen and oxygen atoms in total. The van der Waals surface area contributed by atoms with Crippen molar-refractivity contribution in [2.24, 2.45) is 0 Å². The molecule has 0 aromatic carbocycles. The minimum atomic E-state index is 0.397. The molecule has 0 unspecified atom stereocenters. The lowest BCUT2D eigenvalue weighted by molar-refractivity contribution is 1.32. The molecule has 0 spiro atoms. The van der Waals surface area contributed by atoms with Gasteiger partial charge in [-0.15, -0.1) is 0 Å². The third-order valence-corrected chi connectivity index (χ3v) is 1.06. The molecule has 1 aromatic rings. The van der Waals surface area contributed by atoms with E-state index < -0.39 is 0 Å². The van der Waals surface area contributed by atoms with Gasteiger partial charge < -0.3 is 0 Å². The summed E-state index contributed by atoms with van der Waals surface area (Å²) in [4.78, 5) is 3.67. The van der Waals surface area contributed by atoms with Crippen LogP contribution >= 0.6 is 23.2 Å². The highest BCUT2D eigenvalue weighted by Crippen LogP contribution is 2.10. The Balaban J connectivity index is 3.08. The quantitative estimate of drug-likeness (QED) is 0.512. The molecule has 1 aromatic heterocycles. The molecule has 41 valence electrons. The Morgan fingerprint density at radius 2 is 2.25 bits per heavy atom.